The molecule has 1 aromatic heterocycles. The molecule has 0 radical (unpaired) electrons. The second-order valence-corrected chi connectivity index (χ2v) is 5.08. The number of rotatable bonds is 5. The highest BCUT2D eigenvalue weighted by Gasteiger charge is 2.26. The van der Waals surface area contributed by atoms with Crippen LogP contribution in [0.1, 0.15) is 42.2 Å². The van der Waals surface area contributed by atoms with E-state index in [1.165, 1.54) is 11.1 Å². The first-order valence-corrected chi connectivity index (χ1v) is 6.96. The first-order valence-electron chi connectivity index (χ1n) is 6.96. The number of fused-ring (bicyclic) bond motifs is 1. The molecule has 1 aliphatic carbocycles. The molecule has 0 unspecified atom stereocenters. The van der Waals surface area contributed by atoms with Crippen molar-refractivity contribution in [3.63, 3.8) is 0 Å². The molecule has 2 aromatic rings. The summed E-state index contributed by atoms with van der Waals surface area (Å²) in [6.45, 7) is 3.79. The van der Waals surface area contributed by atoms with Gasteiger partial charge >= 0.3 is 0 Å². The van der Waals surface area contributed by atoms with Gasteiger partial charge in [-0.2, -0.15) is 0 Å². The third-order valence-electron chi connectivity index (χ3n) is 3.59. The van der Waals surface area contributed by atoms with Crippen LogP contribution in [0, 0.1) is 0 Å². The van der Waals surface area contributed by atoms with Gasteiger partial charge in [-0.05, 0) is 36.9 Å². The monoisotopic (exact) mass is 257 g/mol. The van der Waals surface area contributed by atoms with Crippen molar-refractivity contribution in [1.29, 1.82) is 0 Å². The second-order valence-electron chi connectivity index (χ2n) is 5.08. The molecular formula is C15H19N3O. The van der Waals surface area contributed by atoms with E-state index in [9.17, 15) is 0 Å². The van der Waals surface area contributed by atoms with Crippen molar-refractivity contribution in [2.24, 2.45) is 0 Å². The summed E-state index contributed by atoms with van der Waals surface area (Å²) >= 11 is 0. The molecule has 0 fully saturated rings. The maximum atomic E-state index is 5.76. The lowest BCUT2D eigenvalue weighted by molar-refractivity contribution is 0.406. The van der Waals surface area contributed by atoms with E-state index in [2.05, 4.69) is 46.7 Å². The number of nitrogens with zero attached hydrogens (tertiary/aromatic N) is 2. The van der Waals surface area contributed by atoms with Crippen LogP contribution in [-0.2, 0) is 19.4 Å². The number of benzene rings is 1. The number of hydrogen-bond acceptors (Lipinski definition) is 4. The van der Waals surface area contributed by atoms with E-state index in [-0.39, 0.29) is 0 Å². The molecule has 0 saturated carbocycles. The molecule has 0 spiro atoms. The molecule has 1 aromatic carbocycles. The van der Waals surface area contributed by atoms with Gasteiger partial charge in [0.2, 0.25) is 11.8 Å². The topological polar surface area (TPSA) is 51.0 Å². The van der Waals surface area contributed by atoms with E-state index in [1.807, 2.05) is 0 Å². The SMILES string of the molecule is CCCNCc1nnc(C2Cc3ccccc3C2)o1. The van der Waals surface area contributed by atoms with Crippen LogP contribution in [0.15, 0.2) is 28.7 Å². The van der Waals surface area contributed by atoms with Gasteiger partial charge in [-0.25, -0.2) is 0 Å². The Morgan fingerprint density at radius 3 is 2.63 bits per heavy atom. The molecule has 1 aliphatic rings. The van der Waals surface area contributed by atoms with Crippen molar-refractivity contribution in [1.82, 2.24) is 15.5 Å². The first-order chi connectivity index (χ1) is 9.36. The fourth-order valence-corrected chi connectivity index (χ4v) is 2.61. The smallest absolute Gasteiger partial charge is 0.230 e. The Hall–Kier alpha value is -1.68. The lowest BCUT2D eigenvalue weighted by Gasteiger charge is -2.01. The van der Waals surface area contributed by atoms with Gasteiger partial charge in [0, 0.05) is 5.92 Å². The van der Waals surface area contributed by atoms with Crippen LogP contribution < -0.4 is 5.32 Å². The van der Waals surface area contributed by atoms with Gasteiger partial charge in [0.05, 0.1) is 6.54 Å². The van der Waals surface area contributed by atoms with Crippen molar-refractivity contribution < 1.29 is 4.42 Å². The minimum absolute atomic E-state index is 0.352. The van der Waals surface area contributed by atoms with E-state index >= 15 is 0 Å². The molecule has 3 rings (SSSR count). The molecule has 19 heavy (non-hydrogen) atoms. The molecule has 0 amide bonds. The van der Waals surface area contributed by atoms with E-state index in [0.717, 1.165) is 31.7 Å². The summed E-state index contributed by atoms with van der Waals surface area (Å²) in [6.07, 6.45) is 3.14. The molecule has 4 nitrogen and oxygen atoms in total. The van der Waals surface area contributed by atoms with Crippen LogP contribution in [0.4, 0.5) is 0 Å². The van der Waals surface area contributed by atoms with Crippen LogP contribution >= 0.6 is 0 Å². The van der Waals surface area contributed by atoms with Gasteiger partial charge in [0.15, 0.2) is 0 Å². The molecule has 0 bridgehead atoms. The minimum atomic E-state index is 0.352. The number of hydrogen-bond donors (Lipinski definition) is 1. The van der Waals surface area contributed by atoms with Crippen LogP contribution in [-0.4, -0.2) is 16.7 Å². The predicted molar refractivity (Wildman–Crippen MR) is 72.9 cm³/mol. The average Bonchev–Trinajstić information content (AvgIpc) is 3.04. The largest absolute Gasteiger partial charge is 0.424 e. The van der Waals surface area contributed by atoms with E-state index in [0.29, 0.717) is 18.4 Å². The van der Waals surface area contributed by atoms with Gasteiger partial charge in [-0.15, -0.1) is 10.2 Å². The molecule has 0 aliphatic heterocycles. The van der Waals surface area contributed by atoms with Crippen LogP contribution in [0.2, 0.25) is 0 Å². The lowest BCUT2D eigenvalue weighted by Crippen LogP contribution is -2.13. The van der Waals surface area contributed by atoms with Crippen molar-refractivity contribution in [3.8, 4) is 0 Å². The Kier molecular flexibility index (Phi) is 3.60. The van der Waals surface area contributed by atoms with Gasteiger partial charge < -0.3 is 9.73 Å². The highest BCUT2D eigenvalue weighted by molar-refractivity contribution is 5.34. The third kappa shape index (κ3) is 2.68. The van der Waals surface area contributed by atoms with Crippen LogP contribution in [0.3, 0.4) is 0 Å². The maximum Gasteiger partial charge on any atom is 0.230 e. The summed E-state index contributed by atoms with van der Waals surface area (Å²) in [7, 11) is 0. The van der Waals surface area contributed by atoms with Gasteiger partial charge in [0.1, 0.15) is 0 Å². The summed E-state index contributed by atoms with van der Waals surface area (Å²) in [5, 5.41) is 11.6. The highest BCUT2D eigenvalue weighted by Crippen LogP contribution is 2.32. The lowest BCUT2D eigenvalue weighted by atomic mass is 10.1. The summed E-state index contributed by atoms with van der Waals surface area (Å²) in [5.41, 5.74) is 2.83. The van der Waals surface area contributed by atoms with Gasteiger partial charge in [-0.1, -0.05) is 31.2 Å². The fraction of sp³-hybridized carbons (Fsp3) is 0.467. The molecule has 1 heterocycles. The van der Waals surface area contributed by atoms with Gasteiger partial charge in [-0.3, -0.25) is 0 Å². The Morgan fingerprint density at radius 1 is 1.21 bits per heavy atom. The molecular weight excluding hydrogens is 238 g/mol. The number of aromatic nitrogens is 2. The molecule has 4 heteroatoms. The maximum absolute atomic E-state index is 5.76. The molecule has 0 atom stereocenters. The molecule has 0 saturated heterocycles. The third-order valence-corrected chi connectivity index (χ3v) is 3.59. The summed E-state index contributed by atoms with van der Waals surface area (Å²) in [5.74, 6) is 1.83. The Morgan fingerprint density at radius 2 is 1.95 bits per heavy atom. The standard InChI is InChI=1S/C15H19N3O/c1-2-7-16-10-14-17-18-15(19-14)13-8-11-5-3-4-6-12(11)9-13/h3-6,13,16H,2,7-10H2,1H3. The Balaban J connectivity index is 1.65. The molecule has 1 N–H and O–H groups in total. The van der Waals surface area contributed by atoms with E-state index in [1.54, 1.807) is 0 Å². The average molecular weight is 257 g/mol. The molecule has 100 valence electrons. The normalized spacial score (nSPS) is 14.8. The summed E-state index contributed by atoms with van der Waals surface area (Å²) < 4.78 is 5.76. The fourth-order valence-electron chi connectivity index (χ4n) is 2.61. The Bertz CT molecular complexity index is 525. The van der Waals surface area contributed by atoms with Crippen molar-refractivity contribution >= 4 is 0 Å². The Labute approximate surface area is 113 Å². The predicted octanol–water partition coefficient (Wildman–Crippen LogP) is 2.45. The minimum Gasteiger partial charge on any atom is -0.424 e. The zero-order valence-electron chi connectivity index (χ0n) is 11.2. The quantitative estimate of drug-likeness (QED) is 0.836. The zero-order chi connectivity index (χ0) is 13.1. The zero-order valence-corrected chi connectivity index (χ0v) is 11.2. The van der Waals surface area contributed by atoms with Crippen LogP contribution in [0.25, 0.3) is 0 Å². The van der Waals surface area contributed by atoms with Crippen molar-refractivity contribution in [3.05, 3.63) is 47.2 Å². The highest BCUT2D eigenvalue weighted by atomic mass is 16.4. The van der Waals surface area contributed by atoms with Gasteiger partial charge in [0.25, 0.3) is 0 Å². The van der Waals surface area contributed by atoms with E-state index < -0.39 is 0 Å². The first kappa shape index (κ1) is 12.4. The summed E-state index contributed by atoms with van der Waals surface area (Å²) in [6, 6.07) is 8.56. The summed E-state index contributed by atoms with van der Waals surface area (Å²) in [4.78, 5) is 0. The number of nitrogens with one attached hydrogen (secondary N) is 1. The second kappa shape index (κ2) is 5.53. The van der Waals surface area contributed by atoms with Crippen LogP contribution in [0.5, 0.6) is 0 Å². The van der Waals surface area contributed by atoms with Crippen molar-refractivity contribution in [2.75, 3.05) is 6.54 Å². The van der Waals surface area contributed by atoms with Crippen molar-refractivity contribution in [2.45, 2.75) is 38.6 Å². The van der Waals surface area contributed by atoms with E-state index in [4.69, 9.17) is 4.42 Å².